The van der Waals surface area contributed by atoms with Gasteiger partial charge in [0.2, 0.25) is 0 Å². The Balaban J connectivity index is 2.44. The van der Waals surface area contributed by atoms with Crippen molar-refractivity contribution in [3.8, 4) is 0 Å². The van der Waals surface area contributed by atoms with Crippen LogP contribution in [-0.2, 0) is 4.74 Å². The molecule has 0 spiro atoms. The van der Waals surface area contributed by atoms with Gasteiger partial charge in [-0.2, -0.15) is 0 Å². The van der Waals surface area contributed by atoms with Gasteiger partial charge in [-0.15, -0.1) is 0 Å². The van der Waals surface area contributed by atoms with Gasteiger partial charge in [0, 0.05) is 24.9 Å². The number of nitrogens with zero attached hydrogens (tertiary/aromatic N) is 1. The quantitative estimate of drug-likeness (QED) is 0.834. The Morgan fingerprint density at radius 2 is 2.10 bits per heavy atom. The zero-order valence-corrected chi connectivity index (χ0v) is 12.6. The molecule has 108 valence electrons. The lowest BCUT2D eigenvalue weighted by atomic mass is 9.95. The topological polar surface area (TPSA) is 34.2 Å². The molecule has 3 heteroatoms. The Hall–Kier alpha value is -1.45. The highest BCUT2D eigenvalue weighted by Gasteiger charge is 2.22. The summed E-state index contributed by atoms with van der Waals surface area (Å²) < 4.78 is 5.68. The maximum absolute atomic E-state index is 5.68. The molecule has 0 saturated carbocycles. The standard InChI is InChI=1S/C17H24N2O/c1-4-10-19-17(16(5-2)20-3)14-8-6-7-13-9-11-18-12-15(13)14/h6-9,11-12,16-17,19H,4-5,10H2,1-3H3. The minimum Gasteiger partial charge on any atom is -0.379 e. The summed E-state index contributed by atoms with van der Waals surface area (Å²) in [4.78, 5) is 4.28. The van der Waals surface area contributed by atoms with Crippen LogP contribution in [-0.4, -0.2) is 24.7 Å². The van der Waals surface area contributed by atoms with Crippen LogP contribution in [0.3, 0.4) is 0 Å². The predicted molar refractivity (Wildman–Crippen MR) is 83.9 cm³/mol. The molecule has 0 aliphatic carbocycles. The Kier molecular flexibility index (Phi) is 5.50. The summed E-state index contributed by atoms with van der Waals surface area (Å²) in [5.74, 6) is 0. The minimum atomic E-state index is 0.173. The van der Waals surface area contributed by atoms with Crippen molar-refractivity contribution in [3.63, 3.8) is 0 Å². The van der Waals surface area contributed by atoms with Crippen LogP contribution in [0.15, 0.2) is 36.7 Å². The first-order chi connectivity index (χ1) is 9.81. The summed E-state index contributed by atoms with van der Waals surface area (Å²) in [6, 6.07) is 8.69. The fourth-order valence-corrected chi connectivity index (χ4v) is 2.69. The lowest BCUT2D eigenvalue weighted by Crippen LogP contribution is -2.33. The van der Waals surface area contributed by atoms with Gasteiger partial charge >= 0.3 is 0 Å². The van der Waals surface area contributed by atoms with Crippen LogP contribution in [0.2, 0.25) is 0 Å². The lowest BCUT2D eigenvalue weighted by Gasteiger charge is -2.27. The molecule has 2 unspecified atom stereocenters. The molecular weight excluding hydrogens is 248 g/mol. The highest BCUT2D eigenvalue weighted by atomic mass is 16.5. The van der Waals surface area contributed by atoms with E-state index in [1.807, 2.05) is 12.4 Å². The fourth-order valence-electron chi connectivity index (χ4n) is 2.69. The first-order valence-electron chi connectivity index (χ1n) is 7.40. The molecule has 0 aliphatic rings. The van der Waals surface area contributed by atoms with Crippen molar-refractivity contribution in [2.45, 2.75) is 38.8 Å². The van der Waals surface area contributed by atoms with Crippen LogP contribution < -0.4 is 5.32 Å². The smallest absolute Gasteiger partial charge is 0.0763 e. The second-order valence-electron chi connectivity index (χ2n) is 5.06. The molecule has 0 amide bonds. The molecular formula is C17H24N2O. The van der Waals surface area contributed by atoms with E-state index in [-0.39, 0.29) is 12.1 Å². The number of pyridine rings is 1. The monoisotopic (exact) mass is 272 g/mol. The highest BCUT2D eigenvalue weighted by molar-refractivity contribution is 5.85. The minimum absolute atomic E-state index is 0.173. The van der Waals surface area contributed by atoms with E-state index in [0.717, 1.165) is 19.4 Å². The van der Waals surface area contributed by atoms with Crippen molar-refractivity contribution in [1.82, 2.24) is 10.3 Å². The van der Waals surface area contributed by atoms with Gasteiger partial charge in [-0.1, -0.05) is 32.0 Å². The Bertz CT molecular complexity index is 532. The normalized spacial score (nSPS) is 14.3. The van der Waals surface area contributed by atoms with Gasteiger partial charge in [-0.05, 0) is 36.4 Å². The van der Waals surface area contributed by atoms with Crippen LogP contribution >= 0.6 is 0 Å². The Labute approximate surface area is 121 Å². The van der Waals surface area contributed by atoms with Crippen molar-refractivity contribution in [2.24, 2.45) is 0 Å². The zero-order chi connectivity index (χ0) is 14.4. The van der Waals surface area contributed by atoms with Crippen LogP contribution in [0.1, 0.15) is 38.3 Å². The summed E-state index contributed by atoms with van der Waals surface area (Å²) in [6.07, 6.45) is 6.06. The van der Waals surface area contributed by atoms with Gasteiger partial charge in [-0.3, -0.25) is 4.98 Å². The van der Waals surface area contributed by atoms with E-state index in [4.69, 9.17) is 4.74 Å². The van der Waals surface area contributed by atoms with E-state index in [2.05, 4.69) is 48.4 Å². The van der Waals surface area contributed by atoms with Crippen molar-refractivity contribution >= 4 is 10.8 Å². The summed E-state index contributed by atoms with van der Waals surface area (Å²) in [6.45, 7) is 5.34. The predicted octanol–water partition coefficient (Wildman–Crippen LogP) is 3.70. The molecule has 1 aromatic heterocycles. The first kappa shape index (κ1) is 14.9. The number of aromatic nitrogens is 1. The summed E-state index contributed by atoms with van der Waals surface area (Å²) in [5, 5.41) is 6.06. The molecule has 0 radical (unpaired) electrons. The zero-order valence-electron chi connectivity index (χ0n) is 12.6. The number of rotatable bonds is 7. The van der Waals surface area contributed by atoms with E-state index in [0.29, 0.717) is 0 Å². The van der Waals surface area contributed by atoms with Crippen molar-refractivity contribution in [2.75, 3.05) is 13.7 Å². The molecule has 3 nitrogen and oxygen atoms in total. The number of nitrogens with one attached hydrogen (secondary N) is 1. The number of hydrogen-bond donors (Lipinski definition) is 1. The molecule has 0 saturated heterocycles. The van der Waals surface area contributed by atoms with Crippen LogP contribution in [0.25, 0.3) is 10.8 Å². The van der Waals surface area contributed by atoms with E-state index in [1.54, 1.807) is 7.11 Å². The number of fused-ring (bicyclic) bond motifs is 1. The number of ether oxygens (including phenoxy) is 1. The van der Waals surface area contributed by atoms with Gasteiger partial charge in [0.15, 0.2) is 0 Å². The van der Waals surface area contributed by atoms with Gasteiger partial charge < -0.3 is 10.1 Å². The summed E-state index contributed by atoms with van der Waals surface area (Å²) in [7, 11) is 1.79. The molecule has 0 fully saturated rings. The highest BCUT2D eigenvalue weighted by Crippen LogP contribution is 2.28. The molecule has 2 aromatic rings. The molecule has 1 N–H and O–H groups in total. The van der Waals surface area contributed by atoms with Crippen molar-refractivity contribution in [3.05, 3.63) is 42.2 Å². The van der Waals surface area contributed by atoms with Crippen LogP contribution in [0.4, 0.5) is 0 Å². The average Bonchev–Trinajstić information content (AvgIpc) is 2.51. The second kappa shape index (κ2) is 7.36. The van der Waals surface area contributed by atoms with Crippen molar-refractivity contribution < 1.29 is 4.74 Å². The van der Waals surface area contributed by atoms with Gasteiger partial charge in [-0.25, -0.2) is 0 Å². The fraction of sp³-hybridized carbons (Fsp3) is 0.471. The van der Waals surface area contributed by atoms with E-state index < -0.39 is 0 Å². The van der Waals surface area contributed by atoms with Crippen LogP contribution in [0, 0.1) is 0 Å². The summed E-state index contributed by atoms with van der Waals surface area (Å²) in [5.41, 5.74) is 1.28. The third kappa shape index (κ3) is 3.17. The SMILES string of the molecule is CCCNC(c1cccc2ccncc12)C(CC)OC. The van der Waals surface area contributed by atoms with Gasteiger partial charge in [0.05, 0.1) is 12.1 Å². The average molecular weight is 272 g/mol. The molecule has 1 aromatic carbocycles. The van der Waals surface area contributed by atoms with Crippen molar-refractivity contribution in [1.29, 1.82) is 0 Å². The summed E-state index contributed by atoms with van der Waals surface area (Å²) >= 11 is 0. The molecule has 0 aliphatic heterocycles. The van der Waals surface area contributed by atoms with E-state index in [1.165, 1.54) is 16.3 Å². The first-order valence-corrected chi connectivity index (χ1v) is 7.40. The Morgan fingerprint density at radius 3 is 2.80 bits per heavy atom. The number of methoxy groups -OCH3 is 1. The van der Waals surface area contributed by atoms with Crippen LogP contribution in [0.5, 0.6) is 0 Å². The number of hydrogen-bond acceptors (Lipinski definition) is 3. The largest absolute Gasteiger partial charge is 0.379 e. The van der Waals surface area contributed by atoms with Gasteiger partial charge in [0.25, 0.3) is 0 Å². The third-order valence-corrected chi connectivity index (χ3v) is 3.74. The molecule has 1 heterocycles. The third-order valence-electron chi connectivity index (χ3n) is 3.74. The van der Waals surface area contributed by atoms with E-state index >= 15 is 0 Å². The van der Waals surface area contributed by atoms with Gasteiger partial charge in [0.1, 0.15) is 0 Å². The lowest BCUT2D eigenvalue weighted by molar-refractivity contribution is 0.0655. The maximum atomic E-state index is 5.68. The molecule has 2 atom stereocenters. The molecule has 20 heavy (non-hydrogen) atoms. The molecule has 0 bridgehead atoms. The Morgan fingerprint density at radius 1 is 1.25 bits per heavy atom. The molecule has 2 rings (SSSR count). The second-order valence-corrected chi connectivity index (χ2v) is 5.06. The van der Waals surface area contributed by atoms with E-state index in [9.17, 15) is 0 Å². The number of benzene rings is 1. The maximum Gasteiger partial charge on any atom is 0.0763 e.